The Hall–Kier alpha value is -0.0800. The van der Waals surface area contributed by atoms with Crippen molar-refractivity contribution in [3.63, 3.8) is 0 Å². The Morgan fingerprint density at radius 2 is 1.89 bits per heavy atom. The fraction of sp³-hybridized carbons (Fsp3) is 0.364. The van der Waals surface area contributed by atoms with Crippen LogP contribution >= 0.6 is 45.8 Å². The summed E-state index contributed by atoms with van der Waals surface area (Å²) in [5.74, 6) is -0.651. The Labute approximate surface area is 128 Å². The lowest BCUT2D eigenvalue weighted by Crippen LogP contribution is -2.44. The highest BCUT2D eigenvalue weighted by atomic mass is 127. The lowest BCUT2D eigenvalue weighted by molar-refractivity contribution is -0.121. The largest absolute Gasteiger partial charge is 0.394 e. The molecule has 0 heterocycles. The first kappa shape index (κ1) is 16.0. The first-order valence-corrected chi connectivity index (χ1v) is 7.03. The van der Waals surface area contributed by atoms with Gasteiger partial charge in [-0.05, 0) is 40.3 Å². The van der Waals surface area contributed by atoms with Crippen molar-refractivity contribution in [2.45, 2.75) is 17.0 Å². The van der Waals surface area contributed by atoms with E-state index in [1.54, 1.807) is 12.1 Å². The van der Waals surface area contributed by atoms with Gasteiger partial charge in [-0.1, -0.05) is 35.3 Å². The number of hydrogen-bond donors (Lipinski definition) is 3. The molecule has 2 unspecified atom stereocenters. The summed E-state index contributed by atoms with van der Waals surface area (Å²) < 4.78 is 1.02. The van der Waals surface area contributed by atoms with Crippen molar-refractivity contribution >= 4 is 51.7 Å². The van der Waals surface area contributed by atoms with Crippen LogP contribution in [-0.4, -0.2) is 33.6 Å². The molecule has 0 bridgehead atoms. The van der Waals surface area contributed by atoms with E-state index in [1.807, 2.05) is 12.1 Å². The summed E-state index contributed by atoms with van der Waals surface area (Å²) in [5, 5.41) is 21.6. The van der Waals surface area contributed by atoms with Gasteiger partial charge in [0.2, 0.25) is 0 Å². The van der Waals surface area contributed by atoms with Crippen LogP contribution in [0.1, 0.15) is 11.7 Å². The van der Waals surface area contributed by atoms with Gasteiger partial charge in [-0.2, -0.15) is 0 Å². The number of aliphatic hydroxyl groups excluding tert-OH is 2. The van der Waals surface area contributed by atoms with Gasteiger partial charge in [0.15, 0.2) is 4.84 Å². The van der Waals surface area contributed by atoms with E-state index in [0.29, 0.717) is 5.56 Å². The molecule has 2 atom stereocenters. The number of carbonyl (C=O) groups is 1. The van der Waals surface area contributed by atoms with Gasteiger partial charge in [0.05, 0.1) is 12.6 Å². The van der Waals surface area contributed by atoms with E-state index >= 15 is 0 Å². The summed E-state index contributed by atoms with van der Waals surface area (Å²) in [6, 6.07) is 6.24. The normalized spacial score (nSPS) is 14.3. The predicted octanol–water partition coefficient (Wildman–Crippen LogP) is 1.61. The van der Waals surface area contributed by atoms with Crippen LogP contribution in [-0.2, 0) is 4.79 Å². The molecule has 0 aliphatic carbocycles. The van der Waals surface area contributed by atoms with Crippen molar-refractivity contribution in [2.75, 3.05) is 6.61 Å². The van der Waals surface area contributed by atoms with Crippen molar-refractivity contribution in [1.82, 2.24) is 5.32 Å². The quantitative estimate of drug-likeness (QED) is 0.516. The van der Waals surface area contributed by atoms with Crippen molar-refractivity contribution < 1.29 is 15.0 Å². The molecule has 18 heavy (non-hydrogen) atoms. The van der Waals surface area contributed by atoms with Crippen LogP contribution in [0.3, 0.4) is 0 Å². The average molecular weight is 404 g/mol. The van der Waals surface area contributed by atoms with Crippen molar-refractivity contribution in [1.29, 1.82) is 0 Å². The minimum atomic E-state index is -1.23. The first-order chi connectivity index (χ1) is 8.45. The molecule has 4 nitrogen and oxygen atoms in total. The zero-order valence-electron chi connectivity index (χ0n) is 9.19. The minimum Gasteiger partial charge on any atom is -0.394 e. The molecule has 0 aliphatic heterocycles. The lowest BCUT2D eigenvalue weighted by atomic mass is 10.0. The van der Waals surface area contributed by atoms with Gasteiger partial charge in [0, 0.05) is 3.57 Å². The number of rotatable bonds is 5. The van der Waals surface area contributed by atoms with Gasteiger partial charge in [-0.25, -0.2) is 0 Å². The minimum absolute atomic E-state index is 0.417. The molecule has 0 aliphatic rings. The van der Waals surface area contributed by atoms with Gasteiger partial charge in [0.1, 0.15) is 6.10 Å². The predicted molar refractivity (Wildman–Crippen MR) is 78.6 cm³/mol. The molecule has 0 radical (unpaired) electrons. The first-order valence-electron chi connectivity index (χ1n) is 5.08. The van der Waals surface area contributed by atoms with E-state index in [-0.39, 0.29) is 0 Å². The van der Waals surface area contributed by atoms with Gasteiger partial charge in [0.25, 0.3) is 5.91 Å². The summed E-state index contributed by atoms with van der Waals surface area (Å²) >= 11 is 12.9. The highest BCUT2D eigenvalue weighted by Crippen LogP contribution is 2.18. The average Bonchev–Trinajstić information content (AvgIpc) is 2.35. The molecule has 0 fully saturated rings. The molecular formula is C11H12Cl2INO3. The second-order valence-corrected chi connectivity index (χ2v) is 5.94. The summed E-state index contributed by atoms with van der Waals surface area (Å²) in [4.78, 5) is 10.1. The third-order valence-electron chi connectivity index (χ3n) is 2.32. The molecule has 1 amide bonds. The Morgan fingerprint density at radius 1 is 1.33 bits per heavy atom. The van der Waals surface area contributed by atoms with Crippen LogP contribution in [0.2, 0.25) is 0 Å². The molecule has 100 valence electrons. The van der Waals surface area contributed by atoms with Crippen LogP contribution < -0.4 is 5.32 Å². The van der Waals surface area contributed by atoms with Gasteiger partial charge in [-0.15, -0.1) is 0 Å². The summed E-state index contributed by atoms with van der Waals surface area (Å²) in [6.45, 7) is -0.417. The number of nitrogens with one attached hydrogen (secondary N) is 1. The second kappa shape index (κ2) is 7.49. The van der Waals surface area contributed by atoms with Crippen LogP contribution in [0.25, 0.3) is 0 Å². The number of aliphatic hydroxyl groups is 2. The second-order valence-electron chi connectivity index (χ2n) is 3.59. The van der Waals surface area contributed by atoms with Crippen LogP contribution in [0.4, 0.5) is 0 Å². The maximum Gasteiger partial charge on any atom is 0.253 e. The number of hydrogen-bond acceptors (Lipinski definition) is 3. The van der Waals surface area contributed by atoms with E-state index < -0.39 is 29.5 Å². The standard InChI is InChI=1S/C11H12Cl2INO3/c12-10(13)11(18)15-8(5-16)9(17)6-1-3-7(14)4-2-6/h1-4,8-10,16-17H,5H2,(H,15,18). The molecule has 1 aromatic rings. The number of carbonyl (C=O) groups excluding carboxylic acids is 1. The SMILES string of the molecule is O=C(NC(CO)C(O)c1ccc(I)cc1)C(Cl)Cl. The fourth-order valence-electron chi connectivity index (χ4n) is 1.36. The molecule has 7 heteroatoms. The van der Waals surface area contributed by atoms with Crippen molar-refractivity contribution in [3.8, 4) is 0 Å². The van der Waals surface area contributed by atoms with Crippen LogP contribution in [0, 0.1) is 3.57 Å². The van der Waals surface area contributed by atoms with Crippen molar-refractivity contribution in [3.05, 3.63) is 33.4 Å². The van der Waals surface area contributed by atoms with Crippen LogP contribution in [0.5, 0.6) is 0 Å². The van der Waals surface area contributed by atoms with Crippen LogP contribution in [0.15, 0.2) is 24.3 Å². The molecule has 1 aromatic carbocycles. The maximum atomic E-state index is 11.3. The molecular weight excluding hydrogens is 392 g/mol. The molecule has 0 aromatic heterocycles. The molecule has 3 N–H and O–H groups in total. The highest BCUT2D eigenvalue weighted by molar-refractivity contribution is 14.1. The molecule has 1 rings (SSSR count). The Kier molecular flexibility index (Phi) is 6.65. The van der Waals surface area contributed by atoms with E-state index in [9.17, 15) is 15.0 Å². The smallest absolute Gasteiger partial charge is 0.253 e. The van der Waals surface area contributed by atoms with E-state index in [2.05, 4.69) is 27.9 Å². The van der Waals surface area contributed by atoms with Gasteiger partial charge >= 0.3 is 0 Å². The highest BCUT2D eigenvalue weighted by Gasteiger charge is 2.24. The zero-order valence-corrected chi connectivity index (χ0v) is 12.9. The van der Waals surface area contributed by atoms with E-state index in [4.69, 9.17) is 23.2 Å². The molecule has 0 saturated heterocycles. The maximum absolute atomic E-state index is 11.3. The number of halogens is 3. The monoisotopic (exact) mass is 403 g/mol. The molecule has 0 spiro atoms. The zero-order chi connectivity index (χ0) is 13.7. The Morgan fingerprint density at radius 3 is 2.33 bits per heavy atom. The Bertz CT molecular complexity index is 400. The summed E-state index contributed by atoms with van der Waals surface area (Å²) in [7, 11) is 0. The Balaban J connectivity index is 2.75. The van der Waals surface area contributed by atoms with E-state index in [0.717, 1.165) is 3.57 Å². The third-order valence-corrected chi connectivity index (χ3v) is 3.43. The summed E-state index contributed by atoms with van der Waals surface area (Å²) in [5.41, 5.74) is 0.593. The number of amides is 1. The van der Waals surface area contributed by atoms with Gasteiger partial charge < -0.3 is 15.5 Å². The number of benzene rings is 1. The number of alkyl halides is 2. The lowest BCUT2D eigenvalue weighted by Gasteiger charge is -2.22. The fourth-order valence-corrected chi connectivity index (χ4v) is 1.85. The topological polar surface area (TPSA) is 69.6 Å². The van der Waals surface area contributed by atoms with Crippen molar-refractivity contribution in [2.24, 2.45) is 0 Å². The molecule has 0 saturated carbocycles. The van der Waals surface area contributed by atoms with Gasteiger partial charge in [-0.3, -0.25) is 4.79 Å². The van der Waals surface area contributed by atoms with E-state index in [1.165, 1.54) is 0 Å². The summed E-state index contributed by atoms with van der Waals surface area (Å²) in [6.07, 6.45) is -1.02. The third kappa shape index (κ3) is 4.55.